The Bertz CT molecular complexity index is 1220. The molecule has 0 aromatic heterocycles. The smallest absolute Gasteiger partial charge is 0.307 e. The molecule has 0 aliphatic carbocycles. The molecule has 0 aliphatic rings. The van der Waals surface area contributed by atoms with E-state index in [1.165, 1.54) is 0 Å². The molecule has 0 atom stereocenters. The molecule has 3 aromatic carbocycles. The van der Waals surface area contributed by atoms with Crippen LogP contribution in [0.3, 0.4) is 0 Å². The minimum Gasteiger partial charge on any atom is -0.488 e. The second kappa shape index (κ2) is 11.6. The highest BCUT2D eigenvalue weighted by molar-refractivity contribution is 8.33. The van der Waals surface area contributed by atoms with E-state index in [2.05, 4.69) is 0 Å². The third-order valence-electron chi connectivity index (χ3n) is 5.08. The number of halogens is 1. The number of benzene rings is 3. The van der Waals surface area contributed by atoms with Gasteiger partial charge < -0.3 is 14.2 Å². The van der Waals surface area contributed by atoms with Crippen LogP contribution in [0.15, 0.2) is 87.5 Å². The van der Waals surface area contributed by atoms with Crippen LogP contribution in [0.1, 0.15) is 62.3 Å². The Kier molecular flexibility index (Phi) is 9.23. The van der Waals surface area contributed by atoms with Gasteiger partial charge >= 0.3 is 10.1 Å². The first-order valence-electron chi connectivity index (χ1n) is 13.0. The lowest BCUT2D eigenvalue weighted by Crippen LogP contribution is -2.23. The van der Waals surface area contributed by atoms with E-state index in [0.717, 1.165) is 0 Å². The second-order valence-electron chi connectivity index (χ2n) is 12.3. The monoisotopic (exact) mass is 592 g/mol. The van der Waals surface area contributed by atoms with Crippen molar-refractivity contribution in [3.63, 3.8) is 0 Å². The maximum atomic E-state index is 13.8. The van der Waals surface area contributed by atoms with Gasteiger partial charge in [0.1, 0.15) is 34.1 Å². The topological polar surface area (TPSA) is 71.1 Å². The summed E-state index contributed by atoms with van der Waals surface area (Å²) in [6.45, 7) is 17.5. The predicted molar refractivity (Wildman–Crippen MR) is 159 cm³/mol. The van der Waals surface area contributed by atoms with Gasteiger partial charge in [0.2, 0.25) is 6.01 Å². The molecule has 0 unspecified atom stereocenters. The first-order valence-corrected chi connectivity index (χ1v) is 16.2. The van der Waals surface area contributed by atoms with Gasteiger partial charge in [-0.15, -0.1) is 0 Å². The fourth-order valence-corrected chi connectivity index (χ4v) is 8.57. The molecular weight excluding hydrogens is 551 g/mol. The van der Waals surface area contributed by atoms with Crippen LogP contribution in [0, 0.1) is 0 Å². The van der Waals surface area contributed by atoms with Gasteiger partial charge in [-0.05, 0) is 145 Å². The highest BCUT2D eigenvalue weighted by Crippen LogP contribution is 2.70. The highest BCUT2D eigenvalue weighted by atomic mass is 32.3. The molecule has 6 nitrogen and oxygen atoms in total. The molecule has 0 N–H and O–H groups in total. The van der Waals surface area contributed by atoms with E-state index < -0.39 is 43.2 Å². The maximum Gasteiger partial charge on any atom is 0.307 e. The first kappa shape index (κ1) is 31.8. The zero-order valence-electron chi connectivity index (χ0n) is 24.8. The summed E-state index contributed by atoms with van der Waals surface area (Å²) in [4.78, 5) is 1.67. The van der Waals surface area contributed by atoms with Crippen molar-refractivity contribution in [3.05, 3.63) is 72.8 Å². The first-order chi connectivity index (χ1) is 18.3. The molecule has 0 heterocycles. The molecule has 40 heavy (non-hydrogen) atoms. The van der Waals surface area contributed by atoms with E-state index in [1.54, 1.807) is 72.8 Å². The van der Waals surface area contributed by atoms with Crippen molar-refractivity contribution in [2.75, 3.05) is 6.01 Å². The van der Waals surface area contributed by atoms with E-state index in [1.807, 2.05) is 62.3 Å². The average molecular weight is 593 g/mol. The molecule has 0 saturated carbocycles. The van der Waals surface area contributed by atoms with Crippen LogP contribution < -0.4 is 14.2 Å². The van der Waals surface area contributed by atoms with Crippen LogP contribution in [-0.4, -0.2) is 31.2 Å². The summed E-state index contributed by atoms with van der Waals surface area (Å²) >= 11 is 0. The molecule has 220 valence electrons. The Hall–Kier alpha value is -2.75. The lowest BCUT2D eigenvalue weighted by atomic mass is 10.2. The van der Waals surface area contributed by atoms with Gasteiger partial charge in [-0.1, -0.05) is 0 Å². The van der Waals surface area contributed by atoms with Crippen molar-refractivity contribution in [1.29, 1.82) is 0 Å². The fourth-order valence-electron chi connectivity index (χ4n) is 3.86. The lowest BCUT2D eigenvalue weighted by molar-refractivity contribution is 0.130. The van der Waals surface area contributed by atoms with Crippen LogP contribution >= 0.6 is 10.3 Å². The second-order valence-corrected chi connectivity index (χ2v) is 16.8. The van der Waals surface area contributed by atoms with E-state index in [0.29, 0.717) is 31.9 Å². The van der Waals surface area contributed by atoms with Gasteiger partial charge in [0.05, 0.1) is 0 Å². The Morgan fingerprint density at radius 2 is 0.775 bits per heavy atom. The Morgan fingerprint density at radius 3 is 0.975 bits per heavy atom. The van der Waals surface area contributed by atoms with Gasteiger partial charge in [-0.3, -0.25) is 0 Å². The molecule has 9 heteroatoms. The summed E-state index contributed by atoms with van der Waals surface area (Å²) < 4.78 is 63.4. The van der Waals surface area contributed by atoms with Gasteiger partial charge in [0.15, 0.2) is 0 Å². The largest absolute Gasteiger partial charge is 0.488 e. The van der Waals surface area contributed by atoms with Crippen molar-refractivity contribution in [1.82, 2.24) is 0 Å². The molecule has 0 saturated heterocycles. The molecule has 0 amide bonds. The molecule has 0 radical (unpaired) electrons. The number of hydrogen-bond acceptors (Lipinski definition) is 6. The normalized spacial score (nSPS) is 13.6. The van der Waals surface area contributed by atoms with Crippen molar-refractivity contribution in [3.8, 4) is 17.2 Å². The van der Waals surface area contributed by atoms with Crippen LogP contribution in [0.2, 0.25) is 0 Å². The quantitative estimate of drug-likeness (QED) is 0.248. The summed E-state index contributed by atoms with van der Waals surface area (Å²) in [7, 11) is -7.54. The minimum atomic E-state index is -4.56. The summed E-state index contributed by atoms with van der Waals surface area (Å²) in [6.07, 6.45) is 0. The third kappa shape index (κ3) is 8.62. The predicted octanol–water partition coefficient (Wildman–Crippen LogP) is 8.69. The molecule has 3 rings (SSSR count). The van der Waals surface area contributed by atoms with Crippen molar-refractivity contribution < 1.29 is 30.6 Å². The molecule has 0 aliphatic heterocycles. The number of rotatable bonds is 9. The molecule has 3 aromatic rings. The van der Waals surface area contributed by atoms with Gasteiger partial charge in [-0.25, -0.2) is 8.02 Å². The van der Waals surface area contributed by atoms with Crippen LogP contribution in [-0.2, 0) is 13.7 Å². The summed E-state index contributed by atoms with van der Waals surface area (Å²) in [5, 5.41) is 0. The zero-order chi connectivity index (χ0) is 30.0. The van der Waals surface area contributed by atoms with Crippen LogP contribution in [0.4, 0.5) is 4.39 Å². The summed E-state index contributed by atoms with van der Waals surface area (Å²) in [6, 6.07) is 19.5. The standard InChI is InChI=1S/C31H41FO6S2/c1-29(2,3)35-23-10-16-26(17-11-23)40(38-39(33,34)22-32,27-18-12-24(13-19-27)36-30(4,5)6)28-20-14-25(15-21-28)37-31(7,8)9/h10-21H,22H2,1-9H3. The molecule has 0 bridgehead atoms. The van der Waals surface area contributed by atoms with Crippen LogP contribution in [0.5, 0.6) is 17.2 Å². The van der Waals surface area contributed by atoms with Crippen molar-refractivity contribution >= 4 is 20.4 Å². The SMILES string of the molecule is CC(C)(C)Oc1ccc(S(OS(=O)(=O)CF)(c2ccc(OC(C)(C)C)cc2)c2ccc(OC(C)(C)C)cc2)cc1. The number of ether oxygens (including phenoxy) is 3. The van der Waals surface area contributed by atoms with Gasteiger partial charge in [0.25, 0.3) is 0 Å². The zero-order valence-corrected chi connectivity index (χ0v) is 26.4. The fraction of sp³-hybridized carbons (Fsp3) is 0.419. The number of hydrogen-bond donors (Lipinski definition) is 0. The highest BCUT2D eigenvalue weighted by Gasteiger charge is 2.38. The molecular formula is C31H41FO6S2. The van der Waals surface area contributed by atoms with Crippen molar-refractivity contribution in [2.45, 2.75) is 93.8 Å². The summed E-state index contributed by atoms with van der Waals surface area (Å²) in [5.74, 6) is 1.84. The van der Waals surface area contributed by atoms with Crippen molar-refractivity contribution in [2.24, 2.45) is 0 Å². The van der Waals surface area contributed by atoms with E-state index in [4.69, 9.17) is 17.8 Å². The van der Waals surface area contributed by atoms with E-state index in [9.17, 15) is 12.8 Å². The summed E-state index contributed by atoms with van der Waals surface area (Å²) in [5.41, 5.74) is -1.28. The Labute approximate surface area is 240 Å². The van der Waals surface area contributed by atoms with Crippen LogP contribution in [0.25, 0.3) is 0 Å². The van der Waals surface area contributed by atoms with E-state index in [-0.39, 0.29) is 0 Å². The van der Waals surface area contributed by atoms with Gasteiger partial charge in [-0.2, -0.15) is 8.42 Å². The maximum absolute atomic E-state index is 13.8. The molecule has 0 spiro atoms. The van der Waals surface area contributed by atoms with E-state index >= 15 is 0 Å². The molecule has 0 fully saturated rings. The van der Waals surface area contributed by atoms with Gasteiger partial charge in [0, 0.05) is 14.7 Å². The third-order valence-corrected chi connectivity index (χ3v) is 9.80. The minimum absolute atomic E-state index is 0.425. The Balaban J connectivity index is 2.27. The number of alkyl halides is 1. The Morgan fingerprint density at radius 1 is 0.525 bits per heavy atom. The lowest BCUT2D eigenvalue weighted by Gasteiger charge is -2.39. The average Bonchev–Trinajstić information content (AvgIpc) is 2.81.